The number of unbranched alkanes of at least 4 members (excludes halogenated alkanes) is 1. The van der Waals surface area contributed by atoms with Gasteiger partial charge in [-0.1, -0.05) is 6.07 Å². The van der Waals surface area contributed by atoms with Crippen LogP contribution in [0, 0.1) is 0 Å². The summed E-state index contributed by atoms with van der Waals surface area (Å²) in [5.41, 5.74) is 5.74. The fraction of sp³-hybridized carbons (Fsp3) is 0.556. The Kier molecular flexibility index (Phi) is 9.93. The zero-order chi connectivity index (χ0) is 19.4. The first-order valence-corrected chi connectivity index (χ1v) is 8.88. The fourth-order valence-electron chi connectivity index (χ4n) is 2.45. The molecule has 0 fully saturated rings. The highest BCUT2D eigenvalue weighted by atomic mass is 16.4. The molecule has 26 heavy (non-hydrogen) atoms. The van der Waals surface area contributed by atoms with Crippen LogP contribution >= 0.6 is 0 Å². The van der Waals surface area contributed by atoms with Crippen LogP contribution in [0.5, 0.6) is 0 Å². The monoisotopic (exact) mass is 364 g/mol. The van der Waals surface area contributed by atoms with Crippen LogP contribution < -0.4 is 16.4 Å². The van der Waals surface area contributed by atoms with E-state index in [-0.39, 0.29) is 24.3 Å². The fourth-order valence-corrected chi connectivity index (χ4v) is 2.45. The van der Waals surface area contributed by atoms with Crippen molar-refractivity contribution in [3.63, 3.8) is 0 Å². The van der Waals surface area contributed by atoms with Crippen molar-refractivity contribution in [2.75, 3.05) is 6.54 Å². The maximum Gasteiger partial charge on any atom is 0.326 e. The van der Waals surface area contributed by atoms with Crippen molar-refractivity contribution in [3.05, 3.63) is 30.1 Å². The van der Waals surface area contributed by atoms with E-state index < -0.39 is 12.0 Å². The minimum atomic E-state index is -1.04. The number of carbonyl (C=O) groups excluding carboxylic acids is 2. The molecule has 2 amide bonds. The molecular weight excluding hydrogens is 336 g/mol. The molecule has 0 aliphatic heterocycles. The van der Waals surface area contributed by atoms with Crippen LogP contribution in [0.2, 0.25) is 0 Å². The highest BCUT2D eigenvalue weighted by Crippen LogP contribution is 2.05. The van der Waals surface area contributed by atoms with E-state index in [0.717, 1.165) is 6.42 Å². The third-order valence-electron chi connectivity index (χ3n) is 3.90. The Bertz CT molecular complexity index is 580. The van der Waals surface area contributed by atoms with Crippen molar-refractivity contribution in [2.45, 2.75) is 57.5 Å². The molecule has 0 aromatic carbocycles. The molecule has 1 rings (SSSR count). The van der Waals surface area contributed by atoms with Crippen molar-refractivity contribution < 1.29 is 19.5 Å². The number of carboxylic acids is 1. The molecule has 144 valence electrons. The lowest BCUT2D eigenvalue weighted by atomic mass is 10.1. The first-order chi connectivity index (χ1) is 12.4. The minimum absolute atomic E-state index is 0.114. The number of pyridine rings is 1. The quantitative estimate of drug-likeness (QED) is 0.410. The molecule has 0 spiro atoms. The number of amides is 2. The van der Waals surface area contributed by atoms with Crippen LogP contribution in [-0.2, 0) is 9.59 Å². The highest BCUT2D eigenvalue weighted by Gasteiger charge is 2.19. The molecule has 2 unspecified atom stereocenters. The van der Waals surface area contributed by atoms with Crippen LogP contribution in [0.1, 0.15) is 55.9 Å². The number of rotatable bonds is 12. The summed E-state index contributed by atoms with van der Waals surface area (Å²) < 4.78 is 0. The Morgan fingerprint density at radius 2 is 1.92 bits per heavy atom. The summed E-state index contributed by atoms with van der Waals surface area (Å²) in [6, 6.07) is 4.11. The van der Waals surface area contributed by atoms with Gasteiger partial charge in [0.1, 0.15) is 11.7 Å². The van der Waals surface area contributed by atoms with Crippen molar-refractivity contribution >= 4 is 17.8 Å². The molecule has 1 aromatic rings. The zero-order valence-corrected chi connectivity index (χ0v) is 15.1. The molecule has 1 aromatic heterocycles. The molecular formula is C18H28N4O4. The Morgan fingerprint density at radius 1 is 1.15 bits per heavy atom. The Balaban J connectivity index is 2.29. The van der Waals surface area contributed by atoms with E-state index in [1.54, 1.807) is 24.4 Å². The third-order valence-corrected chi connectivity index (χ3v) is 3.90. The number of aromatic nitrogens is 1. The van der Waals surface area contributed by atoms with Gasteiger partial charge in [-0.05, 0) is 57.7 Å². The largest absolute Gasteiger partial charge is 0.480 e. The van der Waals surface area contributed by atoms with Gasteiger partial charge in [-0.25, -0.2) is 4.79 Å². The van der Waals surface area contributed by atoms with Crippen molar-refractivity contribution in [2.24, 2.45) is 5.73 Å². The van der Waals surface area contributed by atoms with E-state index in [4.69, 9.17) is 10.8 Å². The Morgan fingerprint density at radius 3 is 2.54 bits per heavy atom. The van der Waals surface area contributed by atoms with Crippen molar-refractivity contribution in [3.8, 4) is 0 Å². The molecule has 8 nitrogen and oxygen atoms in total. The van der Waals surface area contributed by atoms with Gasteiger partial charge in [-0.15, -0.1) is 0 Å². The van der Waals surface area contributed by atoms with Gasteiger partial charge in [0, 0.05) is 18.7 Å². The number of carboxylic acid groups (broad SMARTS) is 1. The second-order valence-corrected chi connectivity index (χ2v) is 6.22. The van der Waals surface area contributed by atoms with Gasteiger partial charge in [0.2, 0.25) is 5.91 Å². The summed E-state index contributed by atoms with van der Waals surface area (Å²) in [5.74, 6) is -1.59. The second kappa shape index (κ2) is 12.0. The van der Waals surface area contributed by atoms with Crippen molar-refractivity contribution in [1.82, 2.24) is 15.6 Å². The summed E-state index contributed by atoms with van der Waals surface area (Å²) in [4.78, 5) is 39.0. The highest BCUT2D eigenvalue weighted by molar-refractivity contribution is 5.92. The van der Waals surface area contributed by atoms with Crippen LogP contribution in [0.15, 0.2) is 24.4 Å². The Labute approximate surface area is 153 Å². The van der Waals surface area contributed by atoms with E-state index >= 15 is 0 Å². The first kappa shape index (κ1) is 21.6. The summed E-state index contributed by atoms with van der Waals surface area (Å²) >= 11 is 0. The molecule has 2 atom stereocenters. The van der Waals surface area contributed by atoms with E-state index in [1.165, 1.54) is 0 Å². The molecule has 8 heteroatoms. The lowest BCUT2D eigenvalue weighted by molar-refractivity contribution is -0.142. The molecule has 0 aliphatic rings. The molecule has 5 N–H and O–H groups in total. The van der Waals surface area contributed by atoms with Gasteiger partial charge < -0.3 is 21.5 Å². The minimum Gasteiger partial charge on any atom is -0.480 e. The standard InChI is InChI=1S/C18H28N4O4/c1-13(21-17(24)14-8-3-5-12-20-14)7-6-10-16(23)22-15(18(25)26)9-2-4-11-19/h3,5,8,12-13,15H,2,4,6-7,9-11,19H2,1H3,(H,21,24)(H,22,23)(H,25,26). The second-order valence-electron chi connectivity index (χ2n) is 6.22. The molecule has 0 radical (unpaired) electrons. The predicted octanol–water partition coefficient (Wildman–Crippen LogP) is 1.07. The lowest BCUT2D eigenvalue weighted by Gasteiger charge is -2.16. The molecule has 0 saturated carbocycles. The van der Waals surface area contributed by atoms with Crippen LogP contribution in [-0.4, -0.2) is 46.5 Å². The van der Waals surface area contributed by atoms with E-state index in [0.29, 0.717) is 37.9 Å². The van der Waals surface area contributed by atoms with Gasteiger partial charge in [-0.3, -0.25) is 14.6 Å². The molecule has 0 aliphatic carbocycles. The Hall–Kier alpha value is -2.48. The van der Waals surface area contributed by atoms with E-state index in [2.05, 4.69) is 15.6 Å². The number of hydrogen-bond donors (Lipinski definition) is 4. The van der Waals surface area contributed by atoms with Gasteiger partial charge in [0.15, 0.2) is 0 Å². The van der Waals surface area contributed by atoms with Gasteiger partial charge in [-0.2, -0.15) is 0 Å². The zero-order valence-electron chi connectivity index (χ0n) is 15.1. The summed E-state index contributed by atoms with van der Waals surface area (Å²) in [5, 5.41) is 14.5. The van der Waals surface area contributed by atoms with Crippen molar-refractivity contribution in [1.29, 1.82) is 0 Å². The van der Waals surface area contributed by atoms with E-state index in [1.807, 2.05) is 6.92 Å². The van der Waals surface area contributed by atoms with Gasteiger partial charge in [0.25, 0.3) is 5.91 Å². The van der Waals surface area contributed by atoms with Crippen LogP contribution in [0.3, 0.4) is 0 Å². The number of hydrogen-bond acceptors (Lipinski definition) is 5. The van der Waals surface area contributed by atoms with Gasteiger partial charge in [0.05, 0.1) is 0 Å². The third kappa shape index (κ3) is 8.57. The number of nitrogens with one attached hydrogen (secondary N) is 2. The average Bonchev–Trinajstić information content (AvgIpc) is 2.61. The summed E-state index contributed by atoms with van der Waals surface area (Å²) in [6.07, 6.45) is 4.68. The number of nitrogens with two attached hydrogens (primary N) is 1. The van der Waals surface area contributed by atoms with E-state index in [9.17, 15) is 14.4 Å². The first-order valence-electron chi connectivity index (χ1n) is 8.88. The maximum atomic E-state index is 12.0. The average molecular weight is 364 g/mol. The lowest BCUT2D eigenvalue weighted by Crippen LogP contribution is -2.41. The molecule has 0 bridgehead atoms. The number of carbonyl (C=O) groups is 3. The SMILES string of the molecule is CC(CCCC(=O)NC(CCCCN)C(=O)O)NC(=O)c1ccccn1. The summed E-state index contributed by atoms with van der Waals surface area (Å²) in [7, 11) is 0. The topological polar surface area (TPSA) is 134 Å². The van der Waals surface area contributed by atoms with Crippen LogP contribution in [0.25, 0.3) is 0 Å². The number of nitrogens with zero attached hydrogens (tertiary/aromatic N) is 1. The normalized spacial score (nSPS) is 12.8. The smallest absolute Gasteiger partial charge is 0.326 e. The molecule has 1 heterocycles. The van der Waals surface area contributed by atoms with Crippen LogP contribution in [0.4, 0.5) is 0 Å². The number of aliphatic carboxylic acids is 1. The molecule has 0 saturated heterocycles. The van der Waals surface area contributed by atoms with Gasteiger partial charge >= 0.3 is 5.97 Å². The summed E-state index contributed by atoms with van der Waals surface area (Å²) in [6.45, 7) is 2.36. The maximum absolute atomic E-state index is 12.0. The predicted molar refractivity (Wildman–Crippen MR) is 97.5 cm³/mol.